The molecule has 4 rings (SSSR count). The molecule has 1 N–H and O–H groups in total. The van der Waals surface area contributed by atoms with Crippen molar-refractivity contribution in [1.82, 2.24) is 10.3 Å². The predicted octanol–water partition coefficient (Wildman–Crippen LogP) is 5.46. The number of benzene rings is 1. The Morgan fingerprint density at radius 3 is 2.55 bits per heavy atom. The van der Waals surface area contributed by atoms with Crippen molar-refractivity contribution >= 4 is 0 Å². The molecule has 2 heterocycles. The van der Waals surface area contributed by atoms with Gasteiger partial charge in [-0.05, 0) is 74.9 Å². The largest absolute Gasteiger partial charge is 0.375 e. The molecular formula is C25H33FN2O. The van der Waals surface area contributed by atoms with E-state index in [1.807, 2.05) is 25.3 Å². The third kappa shape index (κ3) is 4.87. The first-order valence-electron chi connectivity index (χ1n) is 11.1. The number of halogens is 1. The highest BCUT2D eigenvalue weighted by molar-refractivity contribution is 5.28. The van der Waals surface area contributed by atoms with E-state index in [9.17, 15) is 4.39 Å². The lowest BCUT2D eigenvalue weighted by atomic mass is 9.63. The topological polar surface area (TPSA) is 34.1 Å². The number of ether oxygens (including phenoxy) is 1. The summed E-state index contributed by atoms with van der Waals surface area (Å²) in [6.45, 7) is 4.57. The van der Waals surface area contributed by atoms with Crippen molar-refractivity contribution in [3.8, 4) is 0 Å². The fourth-order valence-corrected chi connectivity index (χ4v) is 5.31. The average molecular weight is 397 g/mol. The zero-order valence-electron chi connectivity index (χ0n) is 17.6. The minimum atomic E-state index is -0.159. The van der Waals surface area contributed by atoms with E-state index in [0.29, 0.717) is 0 Å². The monoisotopic (exact) mass is 396 g/mol. The summed E-state index contributed by atoms with van der Waals surface area (Å²) in [6.07, 6.45) is 11.2. The molecule has 1 saturated heterocycles. The highest BCUT2D eigenvalue weighted by Crippen LogP contribution is 2.49. The standard InChI is InChI=1S/C25H33FN2O/c1-20-5-6-21(18-28-20)17-27-15-13-24(22-7-9-23(26)10-8-22)14-16-29-25(19-24)11-3-2-4-12-25/h5-10,18,27H,2-4,11-17,19H2,1H3. The van der Waals surface area contributed by atoms with Crippen LogP contribution in [0.5, 0.6) is 0 Å². The number of rotatable bonds is 6. The number of aryl methyl sites for hydroxylation is 1. The van der Waals surface area contributed by atoms with E-state index in [-0.39, 0.29) is 16.8 Å². The average Bonchev–Trinajstić information content (AvgIpc) is 2.74. The lowest BCUT2D eigenvalue weighted by Crippen LogP contribution is -2.49. The molecule has 1 saturated carbocycles. The highest BCUT2D eigenvalue weighted by atomic mass is 19.1. The predicted molar refractivity (Wildman–Crippen MR) is 114 cm³/mol. The van der Waals surface area contributed by atoms with Crippen molar-refractivity contribution in [2.75, 3.05) is 13.2 Å². The van der Waals surface area contributed by atoms with E-state index in [2.05, 4.69) is 22.4 Å². The van der Waals surface area contributed by atoms with Crippen LogP contribution in [-0.2, 0) is 16.7 Å². The van der Waals surface area contributed by atoms with Gasteiger partial charge in [-0.2, -0.15) is 0 Å². The second-order valence-electron chi connectivity index (χ2n) is 9.04. The number of pyridine rings is 1. The van der Waals surface area contributed by atoms with E-state index in [1.165, 1.54) is 43.2 Å². The quantitative estimate of drug-likeness (QED) is 0.658. The number of nitrogens with zero attached hydrogens (tertiary/aromatic N) is 1. The summed E-state index contributed by atoms with van der Waals surface area (Å²) in [4.78, 5) is 4.38. The third-order valence-electron chi connectivity index (χ3n) is 6.95. The zero-order valence-corrected chi connectivity index (χ0v) is 17.6. The Kier molecular flexibility index (Phi) is 6.31. The minimum Gasteiger partial charge on any atom is -0.375 e. The minimum absolute atomic E-state index is 0.0196. The Hall–Kier alpha value is -1.78. The summed E-state index contributed by atoms with van der Waals surface area (Å²) in [7, 11) is 0. The van der Waals surface area contributed by atoms with Crippen LogP contribution in [0.25, 0.3) is 0 Å². The molecule has 2 aliphatic rings. The van der Waals surface area contributed by atoms with Crippen LogP contribution >= 0.6 is 0 Å². The van der Waals surface area contributed by atoms with Crippen LogP contribution in [0, 0.1) is 12.7 Å². The van der Waals surface area contributed by atoms with Gasteiger partial charge in [-0.1, -0.05) is 37.5 Å². The number of hydrogen-bond acceptors (Lipinski definition) is 3. The molecule has 1 spiro atoms. The van der Waals surface area contributed by atoms with E-state index in [1.54, 1.807) is 12.1 Å². The summed E-state index contributed by atoms with van der Waals surface area (Å²) < 4.78 is 20.0. The molecule has 29 heavy (non-hydrogen) atoms. The molecule has 1 aromatic heterocycles. The smallest absolute Gasteiger partial charge is 0.123 e. The fraction of sp³-hybridized carbons (Fsp3) is 0.560. The Balaban J connectivity index is 1.47. The van der Waals surface area contributed by atoms with E-state index < -0.39 is 0 Å². The highest BCUT2D eigenvalue weighted by Gasteiger charge is 2.46. The normalized spacial score (nSPS) is 23.9. The molecule has 1 aromatic carbocycles. The molecule has 156 valence electrons. The maximum absolute atomic E-state index is 13.6. The van der Waals surface area contributed by atoms with Gasteiger partial charge in [0.25, 0.3) is 0 Å². The Morgan fingerprint density at radius 1 is 1.03 bits per heavy atom. The molecule has 3 nitrogen and oxygen atoms in total. The number of nitrogens with one attached hydrogen (secondary N) is 1. The third-order valence-corrected chi connectivity index (χ3v) is 6.95. The van der Waals surface area contributed by atoms with Gasteiger partial charge < -0.3 is 10.1 Å². The Morgan fingerprint density at radius 2 is 1.83 bits per heavy atom. The molecule has 1 aliphatic carbocycles. The molecule has 0 radical (unpaired) electrons. The van der Waals surface area contributed by atoms with Crippen LogP contribution in [0.2, 0.25) is 0 Å². The second-order valence-corrected chi connectivity index (χ2v) is 9.04. The van der Waals surface area contributed by atoms with Gasteiger partial charge in [0.2, 0.25) is 0 Å². The van der Waals surface area contributed by atoms with E-state index in [4.69, 9.17) is 4.74 Å². The molecule has 0 bridgehead atoms. The molecule has 1 aliphatic heterocycles. The SMILES string of the molecule is Cc1ccc(CNCCC2(c3ccc(F)cc3)CCOC3(CCCCC3)C2)cn1. The molecule has 0 amide bonds. The van der Waals surface area contributed by atoms with Crippen LogP contribution in [-0.4, -0.2) is 23.7 Å². The summed E-state index contributed by atoms with van der Waals surface area (Å²) >= 11 is 0. The summed E-state index contributed by atoms with van der Waals surface area (Å²) in [5.74, 6) is -0.159. The number of aromatic nitrogens is 1. The molecule has 1 unspecified atom stereocenters. The van der Waals surface area contributed by atoms with Crippen molar-refractivity contribution < 1.29 is 9.13 Å². The summed E-state index contributed by atoms with van der Waals surface area (Å²) in [5.41, 5.74) is 3.60. The first-order valence-corrected chi connectivity index (χ1v) is 11.1. The molecular weight excluding hydrogens is 363 g/mol. The van der Waals surface area contributed by atoms with Gasteiger partial charge in [-0.3, -0.25) is 4.98 Å². The van der Waals surface area contributed by atoms with Gasteiger partial charge in [0.05, 0.1) is 5.60 Å². The molecule has 2 aromatic rings. The molecule has 4 heteroatoms. The van der Waals surface area contributed by atoms with Crippen LogP contribution in [0.15, 0.2) is 42.6 Å². The lowest BCUT2D eigenvalue weighted by molar-refractivity contribution is -0.126. The van der Waals surface area contributed by atoms with E-state index in [0.717, 1.165) is 44.7 Å². The van der Waals surface area contributed by atoms with Crippen LogP contribution in [0.1, 0.15) is 68.2 Å². The van der Waals surface area contributed by atoms with Gasteiger partial charge in [-0.15, -0.1) is 0 Å². The van der Waals surface area contributed by atoms with Gasteiger partial charge >= 0.3 is 0 Å². The first-order chi connectivity index (χ1) is 14.1. The van der Waals surface area contributed by atoms with E-state index >= 15 is 0 Å². The maximum atomic E-state index is 13.6. The van der Waals surface area contributed by atoms with Crippen molar-refractivity contribution in [3.05, 3.63) is 65.2 Å². The van der Waals surface area contributed by atoms with Gasteiger partial charge in [0.15, 0.2) is 0 Å². The summed E-state index contributed by atoms with van der Waals surface area (Å²) in [6, 6.07) is 11.4. The summed E-state index contributed by atoms with van der Waals surface area (Å²) in [5, 5.41) is 3.61. The Bertz CT molecular complexity index is 778. The van der Waals surface area contributed by atoms with Crippen LogP contribution in [0.4, 0.5) is 4.39 Å². The van der Waals surface area contributed by atoms with Gasteiger partial charge in [0, 0.05) is 30.5 Å². The van der Waals surface area contributed by atoms with Crippen molar-refractivity contribution in [3.63, 3.8) is 0 Å². The van der Waals surface area contributed by atoms with Gasteiger partial charge in [-0.25, -0.2) is 4.39 Å². The molecule has 1 atom stereocenters. The van der Waals surface area contributed by atoms with Crippen molar-refractivity contribution in [2.45, 2.75) is 75.9 Å². The second kappa shape index (κ2) is 8.93. The first kappa shape index (κ1) is 20.5. The molecule has 2 fully saturated rings. The lowest BCUT2D eigenvalue weighted by Gasteiger charge is -2.50. The van der Waals surface area contributed by atoms with Crippen molar-refractivity contribution in [1.29, 1.82) is 0 Å². The Labute approximate surface area is 174 Å². The van der Waals surface area contributed by atoms with Crippen LogP contribution < -0.4 is 5.32 Å². The number of hydrogen-bond donors (Lipinski definition) is 1. The van der Waals surface area contributed by atoms with Gasteiger partial charge in [0.1, 0.15) is 5.82 Å². The van der Waals surface area contributed by atoms with Crippen molar-refractivity contribution in [2.24, 2.45) is 0 Å². The zero-order chi connectivity index (χ0) is 20.2. The fourth-order valence-electron chi connectivity index (χ4n) is 5.31. The maximum Gasteiger partial charge on any atom is 0.123 e. The van der Waals surface area contributed by atoms with Crippen LogP contribution in [0.3, 0.4) is 0 Å².